The van der Waals surface area contributed by atoms with Gasteiger partial charge in [0, 0.05) is 0 Å². The van der Waals surface area contributed by atoms with Crippen molar-refractivity contribution in [1.82, 2.24) is 0 Å². The van der Waals surface area contributed by atoms with Gasteiger partial charge >= 0.3 is 0 Å². The molecule has 0 radical (unpaired) electrons. The Kier molecular flexibility index (Phi) is 7.83. The van der Waals surface area contributed by atoms with Gasteiger partial charge in [0.15, 0.2) is 6.29 Å². The summed E-state index contributed by atoms with van der Waals surface area (Å²) in [6, 6.07) is 16.4. The molecule has 166 valence electrons. The van der Waals surface area contributed by atoms with Crippen molar-refractivity contribution in [2.75, 3.05) is 0 Å². The molecule has 0 N–H and O–H groups in total. The largest absolute Gasteiger partial charge is 0.488 e. The van der Waals surface area contributed by atoms with Crippen LogP contribution in [0.25, 0.3) is 0 Å². The number of hydrogen-bond donors (Lipinski definition) is 0. The minimum Gasteiger partial charge on any atom is -0.488 e. The van der Waals surface area contributed by atoms with Crippen molar-refractivity contribution in [3.05, 3.63) is 65.2 Å². The van der Waals surface area contributed by atoms with Gasteiger partial charge in [-0.2, -0.15) is 0 Å². The average molecular weight is 419 g/mol. The van der Waals surface area contributed by atoms with E-state index in [4.69, 9.17) is 4.74 Å². The van der Waals surface area contributed by atoms with E-state index in [1.165, 1.54) is 69.8 Å². The highest BCUT2D eigenvalue weighted by Gasteiger charge is 2.31. The first-order valence-corrected chi connectivity index (χ1v) is 12.5. The summed E-state index contributed by atoms with van der Waals surface area (Å²) in [6.07, 6.45) is 14.8. The summed E-state index contributed by atoms with van der Waals surface area (Å²) in [5.74, 6) is 4.18. The maximum Gasteiger partial charge on any atom is 0.153 e. The molecule has 0 amide bonds. The predicted molar refractivity (Wildman–Crippen MR) is 128 cm³/mol. The lowest BCUT2D eigenvalue weighted by Crippen LogP contribution is -2.25. The molecule has 0 saturated heterocycles. The second-order valence-electron chi connectivity index (χ2n) is 9.87. The van der Waals surface area contributed by atoms with Gasteiger partial charge in [0.1, 0.15) is 12.4 Å². The van der Waals surface area contributed by atoms with Crippen molar-refractivity contribution in [2.24, 2.45) is 17.8 Å². The van der Waals surface area contributed by atoms with Gasteiger partial charge in [-0.05, 0) is 85.5 Å². The number of hydrogen-bond acceptors (Lipinski definition) is 2. The molecule has 2 heteroatoms. The molecule has 2 aromatic rings. The molecular weight excluding hydrogens is 380 g/mol. The summed E-state index contributed by atoms with van der Waals surface area (Å²) in [7, 11) is 0. The Bertz CT molecular complexity index is 812. The van der Waals surface area contributed by atoms with Gasteiger partial charge in [-0.25, -0.2) is 0 Å². The quantitative estimate of drug-likeness (QED) is 0.406. The van der Waals surface area contributed by atoms with Crippen LogP contribution in [-0.4, -0.2) is 6.29 Å². The molecule has 2 nitrogen and oxygen atoms in total. The summed E-state index contributed by atoms with van der Waals surface area (Å²) >= 11 is 0. The molecule has 4 rings (SSSR count). The lowest BCUT2D eigenvalue weighted by molar-refractivity contribution is 0.111. The van der Waals surface area contributed by atoms with Crippen LogP contribution in [0.4, 0.5) is 0 Å². The average Bonchev–Trinajstić information content (AvgIpc) is 2.84. The molecule has 0 aromatic heterocycles. The van der Waals surface area contributed by atoms with Gasteiger partial charge in [-0.1, -0.05) is 69.0 Å². The highest BCUT2D eigenvalue weighted by atomic mass is 16.5. The van der Waals surface area contributed by atoms with Gasteiger partial charge in [0.25, 0.3) is 0 Å². The maximum absolute atomic E-state index is 11.7. The molecule has 0 unspecified atom stereocenters. The zero-order chi connectivity index (χ0) is 21.5. The first-order valence-electron chi connectivity index (χ1n) is 12.5. The van der Waals surface area contributed by atoms with Crippen LogP contribution in [-0.2, 0) is 6.61 Å². The van der Waals surface area contributed by atoms with E-state index in [-0.39, 0.29) is 0 Å². The van der Waals surface area contributed by atoms with Crippen LogP contribution in [0.1, 0.15) is 98.5 Å². The maximum atomic E-state index is 11.7. The highest BCUT2D eigenvalue weighted by Crippen LogP contribution is 2.44. The van der Waals surface area contributed by atoms with E-state index in [1.54, 1.807) is 0 Å². The van der Waals surface area contributed by atoms with E-state index in [1.807, 2.05) is 36.4 Å². The van der Waals surface area contributed by atoms with Gasteiger partial charge in [-0.3, -0.25) is 4.79 Å². The van der Waals surface area contributed by atoms with Crippen molar-refractivity contribution >= 4 is 6.29 Å². The lowest BCUT2D eigenvalue weighted by atomic mass is 9.68. The van der Waals surface area contributed by atoms with Crippen LogP contribution in [0, 0.1) is 17.8 Å². The molecule has 31 heavy (non-hydrogen) atoms. The molecule has 0 atom stereocenters. The van der Waals surface area contributed by atoms with Crippen molar-refractivity contribution < 1.29 is 9.53 Å². The van der Waals surface area contributed by atoms with Gasteiger partial charge in [0.2, 0.25) is 0 Å². The van der Waals surface area contributed by atoms with Crippen LogP contribution in [0.15, 0.2) is 48.5 Å². The van der Waals surface area contributed by atoms with Crippen molar-refractivity contribution in [3.8, 4) is 5.75 Å². The van der Waals surface area contributed by atoms with Crippen molar-refractivity contribution in [1.29, 1.82) is 0 Å². The predicted octanol–water partition coefficient (Wildman–Crippen LogP) is 7.96. The lowest BCUT2D eigenvalue weighted by Gasteiger charge is -2.38. The number of carbonyl (C=O) groups is 1. The Labute approximate surface area is 188 Å². The van der Waals surface area contributed by atoms with Gasteiger partial charge < -0.3 is 4.74 Å². The Balaban J connectivity index is 1.30. The van der Waals surface area contributed by atoms with Crippen LogP contribution >= 0.6 is 0 Å². The summed E-state index contributed by atoms with van der Waals surface area (Å²) in [4.78, 5) is 11.7. The highest BCUT2D eigenvalue weighted by molar-refractivity contribution is 5.79. The van der Waals surface area contributed by atoms with E-state index in [9.17, 15) is 4.79 Å². The minimum absolute atomic E-state index is 0.493. The molecule has 2 aliphatic rings. The molecule has 0 heterocycles. The van der Waals surface area contributed by atoms with Crippen LogP contribution < -0.4 is 4.74 Å². The monoisotopic (exact) mass is 418 g/mol. The number of ether oxygens (including phenoxy) is 1. The smallest absolute Gasteiger partial charge is 0.153 e. The van der Waals surface area contributed by atoms with E-state index >= 15 is 0 Å². The number of rotatable bonds is 8. The molecular formula is C29H38O2. The molecule has 2 aliphatic carbocycles. The second-order valence-corrected chi connectivity index (χ2v) is 9.87. The minimum atomic E-state index is 0.493. The molecule has 2 saturated carbocycles. The molecule has 0 aliphatic heterocycles. The molecule has 2 fully saturated rings. The van der Waals surface area contributed by atoms with Crippen molar-refractivity contribution in [2.45, 2.75) is 83.7 Å². The normalized spacial score (nSPS) is 26.4. The topological polar surface area (TPSA) is 26.3 Å². The standard InChI is InChI=1S/C29H38O2/c1-2-6-22-9-11-24(12-10-22)25-13-15-26(16-14-25)27-17-18-29(28(19-27)20-30)31-21-23-7-4-3-5-8-23/h3-5,7-8,17-20,22,24-26H,2,6,9-16,21H2,1H3. The first kappa shape index (κ1) is 22.1. The number of benzene rings is 2. The van der Waals surface area contributed by atoms with Gasteiger partial charge in [0.05, 0.1) is 5.56 Å². The zero-order valence-electron chi connectivity index (χ0n) is 19.1. The van der Waals surface area contributed by atoms with Crippen LogP contribution in [0.3, 0.4) is 0 Å². The van der Waals surface area contributed by atoms with Crippen LogP contribution in [0.5, 0.6) is 5.75 Å². The van der Waals surface area contributed by atoms with Crippen molar-refractivity contribution in [3.63, 3.8) is 0 Å². The van der Waals surface area contributed by atoms with E-state index in [0.29, 0.717) is 23.8 Å². The number of aldehydes is 1. The van der Waals surface area contributed by atoms with Gasteiger partial charge in [-0.15, -0.1) is 0 Å². The SMILES string of the molecule is CCCC1CCC(C2CCC(c3ccc(OCc4ccccc4)c(C=O)c3)CC2)CC1. The Morgan fingerprint density at radius 3 is 2.19 bits per heavy atom. The summed E-state index contributed by atoms with van der Waals surface area (Å²) in [5, 5.41) is 0. The fourth-order valence-electron chi connectivity index (χ4n) is 6.06. The summed E-state index contributed by atoms with van der Waals surface area (Å²) < 4.78 is 5.95. The summed E-state index contributed by atoms with van der Waals surface area (Å²) in [6.45, 7) is 2.82. The fraction of sp³-hybridized carbons (Fsp3) is 0.552. The molecule has 0 bridgehead atoms. The second kappa shape index (κ2) is 11.0. The van der Waals surface area contributed by atoms with E-state index < -0.39 is 0 Å². The third-order valence-corrected chi connectivity index (χ3v) is 7.90. The van der Waals surface area contributed by atoms with Crippen LogP contribution in [0.2, 0.25) is 0 Å². The third kappa shape index (κ3) is 5.79. The number of carbonyl (C=O) groups excluding carboxylic acids is 1. The summed E-state index contributed by atoms with van der Waals surface area (Å²) in [5.41, 5.74) is 3.12. The molecule has 0 spiro atoms. The van der Waals surface area contributed by atoms with E-state index in [0.717, 1.165) is 29.6 Å². The fourth-order valence-corrected chi connectivity index (χ4v) is 6.06. The van der Waals surface area contributed by atoms with E-state index in [2.05, 4.69) is 19.1 Å². The third-order valence-electron chi connectivity index (χ3n) is 7.90. The Morgan fingerprint density at radius 1 is 0.871 bits per heavy atom. The Hall–Kier alpha value is -2.09. The first-order chi connectivity index (χ1) is 15.3. The molecule has 2 aromatic carbocycles. The zero-order valence-corrected chi connectivity index (χ0v) is 19.1. The Morgan fingerprint density at radius 2 is 1.55 bits per heavy atom.